The van der Waals surface area contributed by atoms with E-state index in [4.69, 9.17) is 4.74 Å². The van der Waals surface area contributed by atoms with E-state index in [0.717, 1.165) is 32.8 Å². The topological polar surface area (TPSA) is 44.8 Å². The number of hydrogen-bond acceptors (Lipinski definition) is 4. The van der Waals surface area contributed by atoms with E-state index in [2.05, 4.69) is 46.3 Å². The molecule has 3 unspecified atom stereocenters. The van der Waals surface area contributed by atoms with Crippen LogP contribution in [0.1, 0.15) is 44.6 Å². The van der Waals surface area contributed by atoms with E-state index in [9.17, 15) is 4.79 Å². The van der Waals surface area contributed by atoms with Gasteiger partial charge in [0.25, 0.3) is 0 Å². The fraction of sp³-hybridized carbons (Fsp3) is 0.696. The van der Waals surface area contributed by atoms with Crippen LogP contribution < -0.4 is 5.32 Å². The molecule has 30 heavy (non-hydrogen) atoms. The van der Waals surface area contributed by atoms with Crippen LogP contribution in [-0.4, -0.2) is 66.7 Å². The van der Waals surface area contributed by atoms with Gasteiger partial charge >= 0.3 is 0 Å². The summed E-state index contributed by atoms with van der Waals surface area (Å²) in [4.78, 5) is 18.0. The maximum atomic E-state index is 13.4. The van der Waals surface area contributed by atoms with Crippen LogP contribution in [-0.2, 0) is 16.1 Å². The molecule has 1 amide bonds. The number of carbonyl (C=O) groups excluding carboxylic acids is 1. The number of nitrogens with zero attached hydrogens (tertiary/aromatic N) is 2. The molecule has 0 radical (unpaired) electrons. The summed E-state index contributed by atoms with van der Waals surface area (Å²) in [5.41, 5.74) is 1.22. The second-order valence-corrected chi connectivity index (χ2v) is 8.95. The van der Waals surface area contributed by atoms with Crippen LogP contribution in [0.25, 0.3) is 0 Å². The number of carbonyl (C=O) groups is 1. The highest BCUT2D eigenvalue weighted by atomic mass is 35.5. The van der Waals surface area contributed by atoms with Crippen LogP contribution in [0.5, 0.6) is 0 Å². The number of nitrogens with one attached hydrogen (secondary N) is 1. The number of fused-ring (bicyclic) bond motifs is 2. The predicted molar refractivity (Wildman–Crippen MR) is 125 cm³/mol. The monoisotopic (exact) mass is 457 g/mol. The molecule has 3 atom stereocenters. The van der Waals surface area contributed by atoms with Crippen LogP contribution in [0.4, 0.5) is 0 Å². The van der Waals surface area contributed by atoms with Crippen molar-refractivity contribution in [3.8, 4) is 0 Å². The number of piperidine rings is 1. The Morgan fingerprint density at radius 3 is 2.40 bits per heavy atom. The van der Waals surface area contributed by atoms with E-state index in [1.807, 2.05) is 6.07 Å². The standard InChI is InChI=1S/C23H35N3O2.2ClH/c1-18(16-25-9-11-28-12-10-25)26(17-19-5-3-2-4-6-19)23(27)15-20-13-21-7-8-22(14-20)24-21;;/h2-6,18,20-22,24H,7-17H2,1H3;2*1H. The van der Waals surface area contributed by atoms with Gasteiger partial charge in [0, 0.05) is 50.7 Å². The Labute approximate surface area is 193 Å². The molecule has 2 bridgehead atoms. The zero-order valence-electron chi connectivity index (χ0n) is 18.0. The van der Waals surface area contributed by atoms with Crippen LogP contribution in [0, 0.1) is 5.92 Å². The summed E-state index contributed by atoms with van der Waals surface area (Å²) < 4.78 is 5.48. The molecule has 0 saturated carbocycles. The third kappa shape index (κ3) is 6.83. The van der Waals surface area contributed by atoms with Crippen LogP contribution in [0.2, 0.25) is 0 Å². The molecule has 3 aliphatic rings. The van der Waals surface area contributed by atoms with E-state index >= 15 is 0 Å². The minimum Gasteiger partial charge on any atom is -0.379 e. The number of ether oxygens (including phenoxy) is 1. The number of amides is 1. The fourth-order valence-electron chi connectivity index (χ4n) is 5.23. The van der Waals surface area contributed by atoms with Gasteiger partial charge in [-0.15, -0.1) is 24.8 Å². The molecular formula is C23H37Cl2N3O2. The molecule has 5 nitrogen and oxygen atoms in total. The van der Waals surface area contributed by atoms with Crippen molar-refractivity contribution in [2.75, 3.05) is 32.8 Å². The summed E-state index contributed by atoms with van der Waals surface area (Å²) in [6.07, 6.45) is 5.61. The molecule has 0 aromatic heterocycles. The molecule has 0 spiro atoms. The van der Waals surface area contributed by atoms with Gasteiger partial charge in [-0.1, -0.05) is 30.3 Å². The van der Waals surface area contributed by atoms with Crippen LogP contribution >= 0.6 is 24.8 Å². The number of morpholine rings is 1. The first-order valence-corrected chi connectivity index (χ1v) is 11.1. The highest BCUT2D eigenvalue weighted by molar-refractivity contribution is 5.85. The van der Waals surface area contributed by atoms with Crippen LogP contribution in [0.15, 0.2) is 30.3 Å². The maximum Gasteiger partial charge on any atom is 0.223 e. The Morgan fingerprint density at radius 2 is 1.77 bits per heavy atom. The van der Waals surface area contributed by atoms with Gasteiger partial charge in [-0.25, -0.2) is 0 Å². The van der Waals surface area contributed by atoms with Crippen molar-refractivity contribution in [3.63, 3.8) is 0 Å². The Hall–Kier alpha value is -0.850. The largest absolute Gasteiger partial charge is 0.379 e. The molecular weight excluding hydrogens is 421 g/mol. The van der Waals surface area contributed by atoms with E-state index in [1.54, 1.807) is 0 Å². The molecule has 1 aromatic carbocycles. The zero-order chi connectivity index (χ0) is 19.3. The number of rotatable bonds is 7. The Balaban J connectivity index is 0.00000160. The summed E-state index contributed by atoms with van der Waals surface area (Å²) in [7, 11) is 0. The first-order valence-electron chi connectivity index (χ1n) is 11.1. The smallest absolute Gasteiger partial charge is 0.223 e. The number of benzene rings is 1. The third-order valence-electron chi connectivity index (χ3n) is 6.71. The molecule has 3 saturated heterocycles. The second-order valence-electron chi connectivity index (χ2n) is 8.95. The Morgan fingerprint density at radius 1 is 1.13 bits per heavy atom. The van der Waals surface area contributed by atoms with Gasteiger partial charge in [-0.05, 0) is 44.1 Å². The molecule has 3 heterocycles. The van der Waals surface area contributed by atoms with Gasteiger partial charge in [-0.3, -0.25) is 9.69 Å². The van der Waals surface area contributed by atoms with Crippen molar-refractivity contribution in [1.29, 1.82) is 0 Å². The quantitative estimate of drug-likeness (QED) is 0.680. The minimum atomic E-state index is 0. The Bertz CT molecular complexity index is 631. The van der Waals surface area contributed by atoms with Crippen molar-refractivity contribution in [1.82, 2.24) is 15.1 Å². The van der Waals surface area contributed by atoms with E-state index < -0.39 is 0 Å². The van der Waals surface area contributed by atoms with E-state index in [1.165, 1.54) is 31.2 Å². The highest BCUT2D eigenvalue weighted by Gasteiger charge is 2.35. The molecule has 0 aliphatic carbocycles. The molecule has 4 rings (SSSR count). The van der Waals surface area contributed by atoms with Gasteiger partial charge in [0.1, 0.15) is 0 Å². The Kier molecular flexibility index (Phi) is 10.4. The molecule has 3 fully saturated rings. The normalized spacial score (nSPS) is 26.9. The van der Waals surface area contributed by atoms with Gasteiger partial charge in [0.2, 0.25) is 5.91 Å². The summed E-state index contributed by atoms with van der Waals surface area (Å²) in [6.45, 7) is 7.39. The molecule has 1 N–H and O–H groups in total. The van der Waals surface area contributed by atoms with Crippen molar-refractivity contribution in [3.05, 3.63) is 35.9 Å². The van der Waals surface area contributed by atoms with Gasteiger partial charge in [0.05, 0.1) is 13.2 Å². The van der Waals surface area contributed by atoms with Crippen LogP contribution in [0.3, 0.4) is 0 Å². The third-order valence-corrected chi connectivity index (χ3v) is 6.71. The second kappa shape index (κ2) is 12.3. The summed E-state index contributed by atoms with van der Waals surface area (Å²) in [5, 5.41) is 3.70. The van der Waals surface area contributed by atoms with Crippen molar-refractivity contribution in [2.45, 2.75) is 63.7 Å². The SMILES string of the molecule is CC(CN1CCOCC1)N(Cc1ccccc1)C(=O)CC1CC2CCC(C1)N2.Cl.Cl. The van der Waals surface area contributed by atoms with Gasteiger partial charge < -0.3 is 15.0 Å². The lowest BCUT2D eigenvalue weighted by atomic mass is 9.89. The number of hydrogen-bond donors (Lipinski definition) is 1. The van der Waals surface area contributed by atoms with Gasteiger partial charge in [-0.2, -0.15) is 0 Å². The lowest BCUT2D eigenvalue weighted by Gasteiger charge is -2.36. The molecule has 1 aromatic rings. The lowest BCUT2D eigenvalue weighted by molar-refractivity contribution is -0.135. The summed E-state index contributed by atoms with van der Waals surface area (Å²) in [5.74, 6) is 0.871. The number of halogens is 2. The highest BCUT2D eigenvalue weighted by Crippen LogP contribution is 2.33. The van der Waals surface area contributed by atoms with E-state index in [0.29, 0.717) is 36.9 Å². The lowest BCUT2D eigenvalue weighted by Crippen LogP contribution is -2.48. The maximum absolute atomic E-state index is 13.4. The van der Waals surface area contributed by atoms with Gasteiger partial charge in [0.15, 0.2) is 0 Å². The van der Waals surface area contributed by atoms with Crippen molar-refractivity contribution in [2.24, 2.45) is 5.92 Å². The van der Waals surface area contributed by atoms with Crippen molar-refractivity contribution < 1.29 is 9.53 Å². The fourth-order valence-corrected chi connectivity index (χ4v) is 5.23. The molecule has 170 valence electrons. The first-order chi connectivity index (χ1) is 13.7. The molecule has 3 aliphatic heterocycles. The summed E-state index contributed by atoms with van der Waals surface area (Å²) in [6, 6.07) is 11.9. The minimum absolute atomic E-state index is 0. The first kappa shape index (κ1) is 25.4. The predicted octanol–water partition coefficient (Wildman–Crippen LogP) is 3.50. The zero-order valence-corrected chi connectivity index (χ0v) is 19.6. The van der Waals surface area contributed by atoms with E-state index in [-0.39, 0.29) is 30.9 Å². The average molecular weight is 458 g/mol. The van der Waals surface area contributed by atoms with Crippen molar-refractivity contribution >= 4 is 30.7 Å². The average Bonchev–Trinajstić information content (AvgIpc) is 3.05. The summed E-state index contributed by atoms with van der Waals surface area (Å²) >= 11 is 0. The molecule has 7 heteroatoms.